The molecule has 0 fully saturated rings. The molecule has 0 radical (unpaired) electrons. The number of carboxylic acids is 1. The Morgan fingerprint density at radius 1 is 1.43 bits per heavy atom. The molecule has 0 amide bonds. The number of hydrogen-bond donors (Lipinski definition) is 1. The first-order chi connectivity index (χ1) is 10.9. The lowest BCUT2D eigenvalue weighted by atomic mass is 10.1. The summed E-state index contributed by atoms with van der Waals surface area (Å²) in [6, 6.07) is 2.44. The SMILES string of the molecule is COc1ccc(C(C(=O)O)N(C)Cc2noc(C(C)C)n2)cn1. The molecule has 0 saturated heterocycles. The van der Waals surface area contributed by atoms with Crippen molar-refractivity contribution in [2.45, 2.75) is 32.4 Å². The number of pyridine rings is 1. The van der Waals surface area contributed by atoms with Gasteiger partial charge in [0.15, 0.2) is 5.82 Å². The molecule has 8 nitrogen and oxygen atoms in total. The normalized spacial score (nSPS) is 12.6. The first-order valence-corrected chi connectivity index (χ1v) is 7.17. The summed E-state index contributed by atoms with van der Waals surface area (Å²) in [5, 5.41) is 13.4. The number of likely N-dealkylation sites (N-methyl/N-ethyl adjacent to an activating group) is 1. The van der Waals surface area contributed by atoms with E-state index in [1.165, 1.54) is 13.3 Å². The van der Waals surface area contributed by atoms with Crippen LogP contribution in [0.4, 0.5) is 0 Å². The van der Waals surface area contributed by atoms with E-state index in [1.807, 2.05) is 13.8 Å². The van der Waals surface area contributed by atoms with E-state index in [4.69, 9.17) is 9.26 Å². The molecule has 1 N–H and O–H groups in total. The summed E-state index contributed by atoms with van der Waals surface area (Å²) in [5.41, 5.74) is 0.549. The third kappa shape index (κ3) is 4.04. The maximum atomic E-state index is 11.6. The molecule has 8 heteroatoms. The number of aliphatic carboxylic acids is 1. The largest absolute Gasteiger partial charge is 0.481 e. The average Bonchev–Trinajstić information content (AvgIpc) is 2.96. The molecule has 1 atom stereocenters. The smallest absolute Gasteiger partial charge is 0.325 e. The van der Waals surface area contributed by atoms with Crippen molar-refractivity contribution in [3.63, 3.8) is 0 Å². The molecular weight excluding hydrogens is 300 g/mol. The molecule has 124 valence electrons. The van der Waals surface area contributed by atoms with Crippen molar-refractivity contribution in [3.05, 3.63) is 35.6 Å². The third-order valence-corrected chi connectivity index (χ3v) is 3.33. The van der Waals surface area contributed by atoms with Crippen LogP contribution in [-0.2, 0) is 11.3 Å². The predicted octanol–water partition coefficient (Wildman–Crippen LogP) is 1.85. The fourth-order valence-corrected chi connectivity index (χ4v) is 2.14. The van der Waals surface area contributed by atoms with E-state index >= 15 is 0 Å². The van der Waals surface area contributed by atoms with Crippen LogP contribution in [0.3, 0.4) is 0 Å². The zero-order chi connectivity index (χ0) is 17.0. The Hall–Kier alpha value is -2.48. The van der Waals surface area contributed by atoms with Crippen molar-refractivity contribution < 1.29 is 19.2 Å². The number of rotatable bonds is 7. The van der Waals surface area contributed by atoms with Gasteiger partial charge in [-0.2, -0.15) is 4.98 Å². The van der Waals surface area contributed by atoms with Crippen LogP contribution < -0.4 is 4.74 Å². The Kier molecular flexibility index (Phi) is 5.28. The Balaban J connectivity index is 2.16. The Labute approximate surface area is 134 Å². The molecule has 2 aromatic heterocycles. The predicted molar refractivity (Wildman–Crippen MR) is 81.0 cm³/mol. The second-order valence-corrected chi connectivity index (χ2v) is 5.49. The fraction of sp³-hybridized carbons (Fsp3) is 0.467. The van der Waals surface area contributed by atoms with E-state index in [-0.39, 0.29) is 12.5 Å². The molecular formula is C15H20N4O4. The topological polar surface area (TPSA) is 102 Å². The van der Waals surface area contributed by atoms with Crippen molar-refractivity contribution in [3.8, 4) is 5.88 Å². The molecule has 23 heavy (non-hydrogen) atoms. The number of methoxy groups -OCH3 is 1. The standard InChI is InChI=1S/C15H20N4O4/c1-9(2)14-17-11(18-23-14)8-19(3)13(15(20)21)10-5-6-12(22-4)16-7-10/h5-7,9,13H,8H2,1-4H3,(H,20,21). The number of carboxylic acid groups (broad SMARTS) is 1. The van der Waals surface area contributed by atoms with Crippen molar-refractivity contribution in [2.75, 3.05) is 14.2 Å². The second-order valence-electron chi connectivity index (χ2n) is 5.49. The van der Waals surface area contributed by atoms with Gasteiger partial charge >= 0.3 is 5.97 Å². The van der Waals surface area contributed by atoms with Gasteiger partial charge in [0.2, 0.25) is 11.8 Å². The second kappa shape index (κ2) is 7.19. The number of carbonyl (C=O) groups is 1. The molecule has 0 aromatic carbocycles. The van der Waals surface area contributed by atoms with Gasteiger partial charge in [-0.15, -0.1) is 0 Å². The average molecular weight is 320 g/mol. The Morgan fingerprint density at radius 2 is 2.17 bits per heavy atom. The summed E-state index contributed by atoms with van der Waals surface area (Å²) in [6.45, 7) is 4.15. The highest BCUT2D eigenvalue weighted by Gasteiger charge is 2.26. The van der Waals surface area contributed by atoms with E-state index in [1.54, 1.807) is 24.1 Å². The summed E-state index contributed by atoms with van der Waals surface area (Å²) >= 11 is 0. The molecule has 0 aliphatic carbocycles. The van der Waals surface area contributed by atoms with Crippen molar-refractivity contribution in [1.82, 2.24) is 20.0 Å². The van der Waals surface area contributed by atoms with Crippen molar-refractivity contribution in [2.24, 2.45) is 0 Å². The Bertz CT molecular complexity index is 654. The van der Waals surface area contributed by atoms with Crippen LogP contribution in [0.1, 0.15) is 43.1 Å². The van der Waals surface area contributed by atoms with Gasteiger partial charge in [0.05, 0.1) is 13.7 Å². The van der Waals surface area contributed by atoms with Crippen LogP contribution in [-0.4, -0.2) is 45.3 Å². The fourth-order valence-electron chi connectivity index (χ4n) is 2.14. The van der Waals surface area contributed by atoms with Crippen LogP contribution in [0, 0.1) is 0 Å². The number of nitrogens with zero attached hydrogens (tertiary/aromatic N) is 4. The highest BCUT2D eigenvalue weighted by atomic mass is 16.5. The summed E-state index contributed by atoms with van der Waals surface area (Å²) in [5.74, 6) is 0.560. The number of aromatic nitrogens is 3. The van der Waals surface area contributed by atoms with Gasteiger partial charge in [0.25, 0.3) is 0 Å². The summed E-state index contributed by atoms with van der Waals surface area (Å²) < 4.78 is 10.1. The quantitative estimate of drug-likeness (QED) is 0.824. The minimum absolute atomic E-state index is 0.127. The molecule has 0 spiro atoms. The number of ether oxygens (including phenoxy) is 1. The lowest BCUT2D eigenvalue weighted by Crippen LogP contribution is -2.31. The molecule has 2 rings (SSSR count). The van der Waals surface area contributed by atoms with E-state index < -0.39 is 12.0 Å². The van der Waals surface area contributed by atoms with Crippen LogP contribution in [0.15, 0.2) is 22.9 Å². The lowest BCUT2D eigenvalue weighted by molar-refractivity contribution is -0.143. The molecule has 1 unspecified atom stereocenters. The summed E-state index contributed by atoms with van der Waals surface area (Å²) in [6.07, 6.45) is 1.49. The Morgan fingerprint density at radius 3 is 2.65 bits per heavy atom. The molecule has 2 heterocycles. The maximum absolute atomic E-state index is 11.6. The minimum Gasteiger partial charge on any atom is -0.481 e. The van der Waals surface area contributed by atoms with Gasteiger partial charge in [0.1, 0.15) is 6.04 Å². The van der Waals surface area contributed by atoms with E-state index in [2.05, 4.69) is 15.1 Å². The van der Waals surface area contributed by atoms with E-state index in [0.29, 0.717) is 23.2 Å². The zero-order valence-corrected chi connectivity index (χ0v) is 13.6. The molecule has 0 aliphatic heterocycles. The van der Waals surface area contributed by atoms with E-state index in [0.717, 1.165) is 0 Å². The minimum atomic E-state index is -0.980. The van der Waals surface area contributed by atoms with Crippen molar-refractivity contribution in [1.29, 1.82) is 0 Å². The summed E-state index contributed by atoms with van der Waals surface area (Å²) in [4.78, 5) is 21.6. The highest BCUT2D eigenvalue weighted by molar-refractivity contribution is 5.75. The molecule has 0 bridgehead atoms. The van der Waals surface area contributed by atoms with Gasteiger partial charge in [-0.25, -0.2) is 4.98 Å². The number of hydrogen-bond acceptors (Lipinski definition) is 7. The molecule has 2 aromatic rings. The molecule has 0 aliphatic rings. The van der Waals surface area contributed by atoms with Gasteiger partial charge in [0, 0.05) is 18.2 Å². The monoisotopic (exact) mass is 320 g/mol. The van der Waals surface area contributed by atoms with Crippen LogP contribution in [0.5, 0.6) is 5.88 Å². The van der Waals surface area contributed by atoms with Crippen LogP contribution in [0.25, 0.3) is 0 Å². The third-order valence-electron chi connectivity index (χ3n) is 3.33. The first-order valence-electron chi connectivity index (χ1n) is 7.17. The first kappa shape index (κ1) is 16.9. The van der Waals surface area contributed by atoms with Gasteiger partial charge in [-0.05, 0) is 18.7 Å². The summed E-state index contributed by atoms with van der Waals surface area (Å²) in [7, 11) is 3.19. The van der Waals surface area contributed by atoms with Gasteiger partial charge < -0.3 is 14.4 Å². The molecule has 0 saturated carbocycles. The van der Waals surface area contributed by atoms with Crippen LogP contribution in [0.2, 0.25) is 0 Å². The van der Waals surface area contributed by atoms with E-state index in [9.17, 15) is 9.90 Å². The van der Waals surface area contributed by atoms with Gasteiger partial charge in [-0.3, -0.25) is 9.69 Å². The van der Waals surface area contributed by atoms with Crippen molar-refractivity contribution >= 4 is 5.97 Å². The highest BCUT2D eigenvalue weighted by Crippen LogP contribution is 2.22. The van der Waals surface area contributed by atoms with Crippen LogP contribution >= 0.6 is 0 Å². The zero-order valence-electron chi connectivity index (χ0n) is 13.6. The maximum Gasteiger partial charge on any atom is 0.325 e. The van der Waals surface area contributed by atoms with Gasteiger partial charge in [-0.1, -0.05) is 19.0 Å². The lowest BCUT2D eigenvalue weighted by Gasteiger charge is -2.23.